The Bertz CT molecular complexity index is 941. The van der Waals surface area contributed by atoms with Gasteiger partial charge in [0.25, 0.3) is 17.7 Å². The molecule has 0 spiro atoms. The molecule has 27 heavy (non-hydrogen) atoms. The molecular formula is C21H20N2O3S. The van der Waals surface area contributed by atoms with Crippen LogP contribution >= 0.6 is 11.8 Å². The zero-order chi connectivity index (χ0) is 19.0. The maximum absolute atomic E-state index is 13.1. The molecule has 2 aliphatic heterocycles. The summed E-state index contributed by atoms with van der Waals surface area (Å²) in [5.41, 5.74) is 2.06. The quantitative estimate of drug-likeness (QED) is 0.757. The summed E-state index contributed by atoms with van der Waals surface area (Å²) in [6.45, 7) is 3.06. The first-order valence-electron chi connectivity index (χ1n) is 9.15. The van der Waals surface area contributed by atoms with Crippen LogP contribution in [0.2, 0.25) is 0 Å². The minimum atomic E-state index is -0.298. The molecule has 0 aromatic heterocycles. The van der Waals surface area contributed by atoms with Gasteiger partial charge in [-0.1, -0.05) is 25.5 Å². The number of fused-ring (bicyclic) bond motifs is 2. The lowest BCUT2D eigenvalue weighted by atomic mass is 10.0. The van der Waals surface area contributed by atoms with Crippen molar-refractivity contribution >= 4 is 35.2 Å². The van der Waals surface area contributed by atoms with Crippen molar-refractivity contribution in [1.82, 2.24) is 4.90 Å². The van der Waals surface area contributed by atoms with Crippen LogP contribution in [-0.4, -0.2) is 41.5 Å². The van der Waals surface area contributed by atoms with Crippen molar-refractivity contribution in [3.63, 3.8) is 0 Å². The standard InChI is InChI=1S/C21H20N2O3S/c1-2-3-10-23-20(25)15-9-8-14(13-16(15)21(23)26)19(24)22-11-12-27-18-7-5-4-6-17(18)22/h4-9,13H,2-3,10-12H2,1H3. The highest BCUT2D eigenvalue weighted by molar-refractivity contribution is 7.99. The molecule has 2 aliphatic rings. The van der Waals surface area contributed by atoms with Crippen LogP contribution in [0.1, 0.15) is 50.8 Å². The first-order chi connectivity index (χ1) is 13.1. The number of hydrogen-bond acceptors (Lipinski definition) is 4. The summed E-state index contributed by atoms with van der Waals surface area (Å²) < 4.78 is 0. The van der Waals surface area contributed by atoms with Gasteiger partial charge in [-0.05, 0) is 36.8 Å². The largest absolute Gasteiger partial charge is 0.306 e. The van der Waals surface area contributed by atoms with E-state index in [1.165, 1.54) is 4.90 Å². The Morgan fingerprint density at radius 3 is 2.67 bits per heavy atom. The maximum Gasteiger partial charge on any atom is 0.261 e. The number of para-hydroxylation sites is 1. The minimum Gasteiger partial charge on any atom is -0.306 e. The summed E-state index contributed by atoms with van der Waals surface area (Å²) in [7, 11) is 0. The van der Waals surface area contributed by atoms with Crippen molar-refractivity contribution in [3.8, 4) is 0 Å². The van der Waals surface area contributed by atoms with Gasteiger partial charge in [0.15, 0.2) is 0 Å². The van der Waals surface area contributed by atoms with Crippen molar-refractivity contribution in [1.29, 1.82) is 0 Å². The van der Waals surface area contributed by atoms with Crippen LogP contribution in [0.4, 0.5) is 5.69 Å². The number of imide groups is 1. The summed E-state index contributed by atoms with van der Waals surface area (Å²) in [5.74, 6) is 0.128. The molecule has 0 fully saturated rings. The van der Waals surface area contributed by atoms with Crippen LogP contribution in [0.5, 0.6) is 0 Å². The predicted octanol–water partition coefficient (Wildman–Crippen LogP) is 3.84. The lowest BCUT2D eigenvalue weighted by Gasteiger charge is -2.29. The van der Waals surface area contributed by atoms with Crippen molar-refractivity contribution in [2.24, 2.45) is 0 Å². The molecular weight excluding hydrogens is 360 g/mol. The van der Waals surface area contributed by atoms with E-state index in [9.17, 15) is 14.4 Å². The Morgan fingerprint density at radius 1 is 1.07 bits per heavy atom. The molecule has 0 radical (unpaired) electrons. The van der Waals surface area contributed by atoms with Crippen molar-refractivity contribution in [2.45, 2.75) is 24.7 Å². The van der Waals surface area contributed by atoms with E-state index in [0.717, 1.165) is 29.2 Å². The number of unbranched alkanes of at least 4 members (excludes halogenated alkanes) is 1. The SMILES string of the molecule is CCCCN1C(=O)c2ccc(C(=O)N3CCSc4ccccc43)cc2C1=O. The monoisotopic (exact) mass is 380 g/mol. The van der Waals surface area contributed by atoms with Crippen molar-refractivity contribution in [2.75, 3.05) is 23.7 Å². The van der Waals surface area contributed by atoms with Crippen LogP contribution in [0.15, 0.2) is 47.4 Å². The van der Waals surface area contributed by atoms with E-state index >= 15 is 0 Å². The van der Waals surface area contributed by atoms with Gasteiger partial charge in [0.1, 0.15) is 0 Å². The van der Waals surface area contributed by atoms with E-state index < -0.39 is 0 Å². The number of carbonyl (C=O) groups is 3. The number of nitrogens with zero attached hydrogens (tertiary/aromatic N) is 2. The predicted molar refractivity (Wildman–Crippen MR) is 106 cm³/mol. The van der Waals surface area contributed by atoms with Crippen LogP contribution in [-0.2, 0) is 0 Å². The van der Waals surface area contributed by atoms with Gasteiger partial charge in [-0.3, -0.25) is 19.3 Å². The third kappa shape index (κ3) is 3.04. The topological polar surface area (TPSA) is 57.7 Å². The first kappa shape index (κ1) is 17.8. The Hall–Kier alpha value is -2.60. The fourth-order valence-electron chi connectivity index (χ4n) is 3.48. The first-order valence-corrected chi connectivity index (χ1v) is 10.1. The third-order valence-corrected chi connectivity index (χ3v) is 5.97. The van der Waals surface area contributed by atoms with Gasteiger partial charge in [-0.15, -0.1) is 11.8 Å². The Balaban J connectivity index is 1.65. The van der Waals surface area contributed by atoms with Gasteiger partial charge in [0.05, 0.1) is 16.8 Å². The van der Waals surface area contributed by atoms with Gasteiger partial charge in [-0.2, -0.15) is 0 Å². The Labute approximate surface area is 162 Å². The van der Waals surface area contributed by atoms with Gasteiger partial charge in [0, 0.05) is 29.3 Å². The molecule has 138 valence electrons. The molecule has 0 saturated carbocycles. The molecule has 0 bridgehead atoms. The average molecular weight is 380 g/mol. The van der Waals surface area contributed by atoms with Gasteiger partial charge in [-0.25, -0.2) is 0 Å². The normalized spacial score (nSPS) is 15.7. The molecule has 2 heterocycles. The second-order valence-electron chi connectivity index (χ2n) is 6.65. The van der Waals surface area contributed by atoms with Crippen molar-refractivity contribution < 1.29 is 14.4 Å². The molecule has 0 atom stereocenters. The molecule has 2 aromatic carbocycles. The number of amides is 3. The number of rotatable bonds is 4. The molecule has 4 rings (SSSR count). The van der Waals surface area contributed by atoms with E-state index in [0.29, 0.717) is 29.8 Å². The molecule has 3 amide bonds. The lowest BCUT2D eigenvalue weighted by molar-refractivity contribution is 0.0652. The molecule has 0 unspecified atom stereocenters. The fraction of sp³-hybridized carbons (Fsp3) is 0.286. The van der Waals surface area contributed by atoms with Gasteiger partial charge >= 0.3 is 0 Å². The summed E-state index contributed by atoms with van der Waals surface area (Å²) in [6, 6.07) is 12.7. The van der Waals surface area contributed by atoms with Crippen molar-refractivity contribution in [3.05, 3.63) is 59.2 Å². The number of carbonyl (C=O) groups excluding carboxylic acids is 3. The number of anilines is 1. The highest BCUT2D eigenvalue weighted by Gasteiger charge is 2.36. The van der Waals surface area contributed by atoms with E-state index in [4.69, 9.17) is 0 Å². The average Bonchev–Trinajstić information content (AvgIpc) is 2.95. The van der Waals surface area contributed by atoms with Gasteiger partial charge in [0.2, 0.25) is 0 Å². The van der Waals surface area contributed by atoms with Gasteiger partial charge < -0.3 is 4.90 Å². The number of hydrogen-bond donors (Lipinski definition) is 0. The second kappa shape index (κ2) is 7.19. The maximum atomic E-state index is 13.1. The van der Waals surface area contributed by atoms with E-state index in [1.54, 1.807) is 34.9 Å². The highest BCUT2D eigenvalue weighted by Crippen LogP contribution is 2.35. The molecule has 0 saturated heterocycles. The third-order valence-electron chi connectivity index (χ3n) is 4.93. The highest BCUT2D eigenvalue weighted by atomic mass is 32.2. The zero-order valence-corrected chi connectivity index (χ0v) is 15.9. The van der Waals surface area contributed by atoms with Crippen LogP contribution in [0.3, 0.4) is 0 Å². The summed E-state index contributed by atoms with van der Waals surface area (Å²) in [6.07, 6.45) is 1.68. The van der Waals surface area contributed by atoms with Crippen LogP contribution in [0, 0.1) is 0 Å². The molecule has 5 nitrogen and oxygen atoms in total. The van der Waals surface area contributed by atoms with E-state index in [2.05, 4.69) is 0 Å². The molecule has 6 heteroatoms. The van der Waals surface area contributed by atoms with Crippen LogP contribution in [0.25, 0.3) is 0 Å². The smallest absolute Gasteiger partial charge is 0.261 e. The Kier molecular flexibility index (Phi) is 4.74. The number of benzene rings is 2. The summed E-state index contributed by atoms with van der Waals surface area (Å²) in [4.78, 5) is 42.3. The van der Waals surface area contributed by atoms with E-state index in [1.807, 2.05) is 31.2 Å². The summed E-state index contributed by atoms with van der Waals surface area (Å²) >= 11 is 1.73. The number of thioether (sulfide) groups is 1. The summed E-state index contributed by atoms with van der Waals surface area (Å²) in [5, 5.41) is 0. The molecule has 2 aromatic rings. The molecule has 0 N–H and O–H groups in total. The molecule has 0 aliphatic carbocycles. The van der Waals surface area contributed by atoms with Crippen LogP contribution < -0.4 is 4.90 Å². The Morgan fingerprint density at radius 2 is 1.85 bits per heavy atom. The zero-order valence-electron chi connectivity index (χ0n) is 15.1. The lowest BCUT2D eigenvalue weighted by Crippen LogP contribution is -2.35. The fourth-order valence-corrected chi connectivity index (χ4v) is 4.47. The second-order valence-corrected chi connectivity index (χ2v) is 7.79. The van der Waals surface area contributed by atoms with E-state index in [-0.39, 0.29) is 17.7 Å². The minimum absolute atomic E-state index is 0.141.